The highest BCUT2D eigenvalue weighted by atomic mass is 16.3. The molecule has 10 rings (SSSR count). The first-order chi connectivity index (χ1) is 28.4. The minimum Gasteiger partial charge on any atom is -0.455 e. The van der Waals surface area contributed by atoms with Crippen LogP contribution >= 0.6 is 0 Å². The van der Waals surface area contributed by atoms with Crippen LogP contribution in [0.25, 0.3) is 99.5 Å². The van der Waals surface area contributed by atoms with Crippen LogP contribution in [0.15, 0.2) is 108 Å². The Morgan fingerprint density at radius 3 is 1.22 bits per heavy atom. The van der Waals surface area contributed by atoms with Crippen LogP contribution in [0.1, 0.15) is 0 Å². The van der Waals surface area contributed by atoms with Crippen LogP contribution in [0.4, 0.5) is 0 Å². The Hall–Kier alpha value is -6.00. The number of hydrogen-bond acceptors (Lipinski definition) is 4. The number of aromatic nitrogens is 3. The zero-order valence-corrected chi connectivity index (χ0v) is 35.6. The molecule has 268 valence electrons. The first-order valence-corrected chi connectivity index (χ1v) is 20.6. The molecule has 2 aromatic heterocycles. The van der Waals surface area contributed by atoms with E-state index in [1.165, 1.54) is 92.5 Å². The maximum atomic E-state index is 6.80. The zero-order chi connectivity index (χ0) is 41.0. The van der Waals surface area contributed by atoms with Gasteiger partial charge < -0.3 is 4.42 Å². The number of para-hydroxylation sites is 1. The van der Waals surface area contributed by atoms with Gasteiger partial charge in [-0.1, -0.05) is 101 Å². The van der Waals surface area contributed by atoms with Crippen molar-refractivity contribution >= 4 is 187 Å². The van der Waals surface area contributed by atoms with Crippen LogP contribution in [0.5, 0.6) is 0 Å². The zero-order valence-electron chi connectivity index (χ0n) is 35.6. The molecule has 0 bridgehead atoms. The maximum absolute atomic E-state index is 6.80. The van der Waals surface area contributed by atoms with E-state index in [1.54, 1.807) is 0 Å². The molecule has 8 aromatic carbocycles. The summed E-state index contributed by atoms with van der Waals surface area (Å²) in [5.74, 6) is 1.98. The molecular formula is C45H37B10N3O. The summed E-state index contributed by atoms with van der Waals surface area (Å²) in [5, 5.41) is 9.71. The molecule has 0 saturated heterocycles. The predicted octanol–water partition coefficient (Wildman–Crippen LogP) is -5.52. The van der Waals surface area contributed by atoms with Crippen LogP contribution in [-0.2, 0) is 0 Å². The molecule has 4 nitrogen and oxygen atoms in total. The fraction of sp³-hybridized carbons (Fsp3) is 0. The second kappa shape index (κ2) is 13.8. The van der Waals surface area contributed by atoms with E-state index in [-0.39, 0.29) is 0 Å². The fourth-order valence-corrected chi connectivity index (χ4v) is 9.63. The van der Waals surface area contributed by atoms with Crippen LogP contribution in [0.3, 0.4) is 0 Å². The lowest BCUT2D eigenvalue weighted by Crippen LogP contribution is -2.55. The summed E-state index contributed by atoms with van der Waals surface area (Å²) < 4.78 is 6.80. The van der Waals surface area contributed by atoms with E-state index in [9.17, 15) is 0 Å². The minimum atomic E-state index is 0.605. The Balaban J connectivity index is 1.19. The molecule has 14 heteroatoms. The minimum absolute atomic E-state index is 0.605. The Morgan fingerprint density at radius 2 is 0.712 bits per heavy atom. The normalized spacial score (nSPS) is 11.7. The molecule has 59 heavy (non-hydrogen) atoms. The number of benzene rings is 8. The summed E-state index contributed by atoms with van der Waals surface area (Å²) in [6.45, 7) is 0. The molecular weight excluding hydrogens is 707 g/mol. The van der Waals surface area contributed by atoms with Gasteiger partial charge in [0.05, 0.1) is 5.56 Å². The molecule has 0 N–H and O–H groups in total. The van der Waals surface area contributed by atoms with Crippen molar-refractivity contribution in [1.82, 2.24) is 15.0 Å². The van der Waals surface area contributed by atoms with Gasteiger partial charge in [0, 0.05) is 21.9 Å². The van der Waals surface area contributed by atoms with Crippen LogP contribution in [0.2, 0.25) is 0 Å². The molecule has 10 aromatic rings. The van der Waals surface area contributed by atoms with Gasteiger partial charge in [-0.15, -0.1) is 32.8 Å². The van der Waals surface area contributed by atoms with Gasteiger partial charge in [-0.2, -0.15) is 0 Å². The van der Waals surface area contributed by atoms with Gasteiger partial charge >= 0.3 is 0 Å². The average molecular weight is 744 g/mol. The van der Waals surface area contributed by atoms with Crippen LogP contribution in [-0.4, -0.2) is 93.4 Å². The molecule has 0 saturated carbocycles. The van der Waals surface area contributed by atoms with Gasteiger partial charge in [0.15, 0.2) is 17.5 Å². The Bertz CT molecular complexity index is 3300. The topological polar surface area (TPSA) is 51.8 Å². The molecule has 0 aliphatic heterocycles. The molecule has 0 aliphatic rings. The van der Waals surface area contributed by atoms with Gasteiger partial charge in [0.25, 0.3) is 0 Å². The number of nitrogens with zero attached hydrogens (tertiary/aromatic N) is 3. The lowest BCUT2D eigenvalue weighted by atomic mass is 9.60. The average Bonchev–Trinajstić information content (AvgIpc) is 3.64. The van der Waals surface area contributed by atoms with Crippen molar-refractivity contribution in [3.63, 3.8) is 0 Å². The highest BCUT2D eigenvalue weighted by Gasteiger charge is 2.23. The molecule has 0 aliphatic carbocycles. The lowest BCUT2D eigenvalue weighted by Gasteiger charge is -2.22. The third-order valence-electron chi connectivity index (χ3n) is 13.9. The standard InChI is InChI=1S/C45H37B10N3O/c46-32-30(33(47)37(51)40(54)36(32)50)44-56-43(57-45(58-44)31-34(48)38(52)41(55)39(53)35(31)49)26-11-5-10-25-28-17-19(13-15-29(28)59-42(25)26)18-12-14-24-22-8-2-1-6-20(22)21-7-3-4-9-23(21)27(24)16-18/h1-17H,46-55H2. The Morgan fingerprint density at radius 1 is 0.322 bits per heavy atom. The first kappa shape index (κ1) is 37.3. The van der Waals surface area contributed by atoms with E-state index >= 15 is 0 Å². The second-order valence-corrected chi connectivity index (χ2v) is 16.7. The van der Waals surface area contributed by atoms with E-state index < -0.39 is 0 Å². The van der Waals surface area contributed by atoms with Gasteiger partial charge in [0.1, 0.15) is 89.6 Å². The molecule has 0 spiro atoms. The van der Waals surface area contributed by atoms with Crippen molar-refractivity contribution in [3.8, 4) is 45.3 Å². The molecule has 0 atom stereocenters. The second-order valence-electron chi connectivity index (χ2n) is 16.7. The molecule has 0 radical (unpaired) electrons. The van der Waals surface area contributed by atoms with E-state index in [2.05, 4.69) is 182 Å². The number of furan rings is 1. The third-order valence-corrected chi connectivity index (χ3v) is 13.9. The fourth-order valence-electron chi connectivity index (χ4n) is 9.63. The van der Waals surface area contributed by atoms with E-state index in [0.717, 1.165) is 44.2 Å². The molecule has 2 heterocycles. The largest absolute Gasteiger partial charge is 0.455 e. The van der Waals surface area contributed by atoms with Crippen molar-refractivity contribution < 1.29 is 4.42 Å². The maximum Gasteiger partial charge on any atom is 0.167 e. The van der Waals surface area contributed by atoms with Crippen LogP contribution < -0.4 is 54.6 Å². The van der Waals surface area contributed by atoms with E-state index in [0.29, 0.717) is 17.5 Å². The van der Waals surface area contributed by atoms with Gasteiger partial charge in [-0.05, 0) is 67.7 Å². The number of fused-ring (bicyclic) bond motifs is 9. The SMILES string of the molecule is Bc1c(B)c(B)c(-c2nc(-c3c(B)c(B)c(B)c(B)c3B)nc(-c3cccc4c3oc3ccc(-c5ccc6c7ccccc7c7ccccc7c6c5)cc34)n2)c(B)c1B. The van der Waals surface area contributed by atoms with Crippen molar-refractivity contribution in [2.45, 2.75) is 0 Å². The van der Waals surface area contributed by atoms with Crippen molar-refractivity contribution in [2.24, 2.45) is 0 Å². The van der Waals surface area contributed by atoms with E-state index in [4.69, 9.17) is 19.4 Å². The summed E-state index contributed by atoms with van der Waals surface area (Å²) in [5.41, 5.74) is 19.4. The number of rotatable bonds is 4. The van der Waals surface area contributed by atoms with Gasteiger partial charge in [-0.3, -0.25) is 0 Å². The van der Waals surface area contributed by atoms with Crippen molar-refractivity contribution in [1.29, 1.82) is 0 Å². The Kier molecular flexibility index (Phi) is 8.72. The first-order valence-electron chi connectivity index (χ1n) is 20.6. The summed E-state index contributed by atoms with van der Waals surface area (Å²) in [4.78, 5) is 16.0. The molecule has 0 amide bonds. The predicted molar refractivity (Wildman–Crippen MR) is 283 cm³/mol. The Labute approximate surface area is 353 Å². The quantitative estimate of drug-likeness (QED) is 0.134. The summed E-state index contributed by atoms with van der Waals surface area (Å²) in [7, 11) is 22.0. The molecule has 0 fully saturated rings. The number of hydrogen-bond donors (Lipinski definition) is 0. The van der Waals surface area contributed by atoms with Crippen LogP contribution in [0, 0.1) is 0 Å². The summed E-state index contributed by atoms with van der Waals surface area (Å²) in [6.07, 6.45) is 0. The molecule has 0 unspecified atom stereocenters. The van der Waals surface area contributed by atoms with Crippen molar-refractivity contribution in [2.75, 3.05) is 0 Å². The highest BCUT2D eigenvalue weighted by molar-refractivity contribution is 6.70. The smallest absolute Gasteiger partial charge is 0.167 e. The third kappa shape index (κ3) is 5.63. The highest BCUT2D eigenvalue weighted by Crippen LogP contribution is 2.40. The monoisotopic (exact) mass is 745 g/mol. The van der Waals surface area contributed by atoms with E-state index in [1.807, 2.05) is 0 Å². The van der Waals surface area contributed by atoms with Gasteiger partial charge in [0.2, 0.25) is 0 Å². The van der Waals surface area contributed by atoms with Gasteiger partial charge in [-0.25, -0.2) is 15.0 Å². The summed E-state index contributed by atoms with van der Waals surface area (Å²) >= 11 is 0. The lowest BCUT2D eigenvalue weighted by molar-refractivity contribution is 0.669. The summed E-state index contributed by atoms with van der Waals surface area (Å²) in [6, 6.07) is 37.3. The van der Waals surface area contributed by atoms with Crippen molar-refractivity contribution in [3.05, 3.63) is 103 Å².